The number of nitrogens with zero attached hydrogens (tertiary/aromatic N) is 4. The topological polar surface area (TPSA) is 93.7 Å². The molecule has 5 rings (SSSR count). The van der Waals surface area contributed by atoms with Gasteiger partial charge in [0.2, 0.25) is 0 Å². The van der Waals surface area contributed by atoms with E-state index in [9.17, 15) is 13.2 Å². The van der Waals surface area contributed by atoms with E-state index in [1.807, 2.05) is 6.92 Å². The Balaban J connectivity index is 1.84. The van der Waals surface area contributed by atoms with Crippen LogP contribution in [0.1, 0.15) is 18.2 Å². The van der Waals surface area contributed by atoms with Crippen molar-refractivity contribution in [3.05, 3.63) is 72.1 Å². The van der Waals surface area contributed by atoms with Gasteiger partial charge in [0.1, 0.15) is 5.69 Å². The molecule has 0 aliphatic carbocycles. The monoisotopic (exact) mass is 580 g/mol. The summed E-state index contributed by atoms with van der Waals surface area (Å²) in [6, 6.07) is 14.4. The average Bonchev–Trinajstić information content (AvgIpc) is 3.68. The summed E-state index contributed by atoms with van der Waals surface area (Å²) in [5.41, 5.74) is 1.79. The molecule has 42 heavy (non-hydrogen) atoms. The molecule has 0 bridgehead atoms. The smallest absolute Gasteiger partial charge is 0.433 e. The van der Waals surface area contributed by atoms with Gasteiger partial charge in [-0.3, -0.25) is 0 Å². The number of aromatic nitrogens is 4. The molecule has 3 heterocycles. The van der Waals surface area contributed by atoms with E-state index in [0.29, 0.717) is 51.9 Å². The van der Waals surface area contributed by atoms with E-state index in [-0.39, 0.29) is 17.4 Å². The molecule has 0 unspecified atom stereocenters. The van der Waals surface area contributed by atoms with Gasteiger partial charge in [-0.05, 0) is 61.0 Å². The van der Waals surface area contributed by atoms with E-state index in [1.165, 1.54) is 45.5 Å². The molecule has 0 spiro atoms. The first kappa shape index (κ1) is 28.5. The van der Waals surface area contributed by atoms with Gasteiger partial charge < -0.3 is 23.4 Å². The molecule has 0 aliphatic rings. The van der Waals surface area contributed by atoms with E-state index >= 15 is 0 Å². The number of hydrogen-bond acceptors (Lipinski definition) is 8. The van der Waals surface area contributed by atoms with E-state index in [4.69, 9.17) is 28.5 Å². The molecule has 9 nitrogen and oxygen atoms in total. The highest BCUT2D eigenvalue weighted by Crippen LogP contribution is 2.41. The normalized spacial score (nSPS) is 11.4. The van der Waals surface area contributed by atoms with E-state index < -0.39 is 11.9 Å². The SMILES string of the molecule is CCc1c(-c2ccc(OC)c(OC)c2)nn(-c2nc(-c3ccco3)cc(C(F)(F)F)n2)c1-c1ccc(OC)c(OC)c1. The summed E-state index contributed by atoms with van der Waals surface area (Å²) >= 11 is 0. The first-order valence-corrected chi connectivity index (χ1v) is 12.8. The van der Waals surface area contributed by atoms with Gasteiger partial charge in [-0.2, -0.15) is 23.0 Å². The molecule has 0 saturated carbocycles. The number of furan rings is 1. The van der Waals surface area contributed by atoms with Crippen molar-refractivity contribution < 1.29 is 36.5 Å². The molecule has 0 atom stereocenters. The summed E-state index contributed by atoms with van der Waals surface area (Å²) in [5.74, 6) is 1.76. The summed E-state index contributed by atoms with van der Waals surface area (Å²) in [7, 11) is 6.06. The third kappa shape index (κ3) is 5.22. The third-order valence-corrected chi connectivity index (χ3v) is 6.62. The van der Waals surface area contributed by atoms with Gasteiger partial charge >= 0.3 is 6.18 Å². The van der Waals surface area contributed by atoms with Gasteiger partial charge in [0.15, 0.2) is 34.5 Å². The minimum absolute atomic E-state index is 0.0446. The van der Waals surface area contributed by atoms with Crippen LogP contribution < -0.4 is 18.9 Å². The Morgan fingerprint density at radius 2 is 1.40 bits per heavy atom. The molecule has 0 saturated heterocycles. The standard InChI is InChI=1S/C30H27F3N4O5/c1-6-19-27(17-9-11-22(38-2)24(14-17)40-4)36-37(28(19)18-10-12-23(39-3)25(15-18)41-5)29-34-20(21-8-7-13-42-21)16-26(35-29)30(31,32)33/h7-16H,6H2,1-5H3. The first-order chi connectivity index (χ1) is 20.2. The van der Waals surface area contributed by atoms with Crippen molar-refractivity contribution in [2.45, 2.75) is 19.5 Å². The number of methoxy groups -OCH3 is 4. The Hall–Kier alpha value is -5.00. The zero-order chi connectivity index (χ0) is 30.0. The van der Waals surface area contributed by atoms with Crippen LogP contribution in [0, 0.1) is 0 Å². The maximum absolute atomic E-state index is 14.1. The van der Waals surface area contributed by atoms with E-state index in [2.05, 4.69) is 9.97 Å². The van der Waals surface area contributed by atoms with Gasteiger partial charge in [-0.15, -0.1) is 0 Å². The zero-order valence-corrected chi connectivity index (χ0v) is 23.4. The fraction of sp³-hybridized carbons (Fsp3) is 0.233. The number of rotatable bonds is 9. The summed E-state index contributed by atoms with van der Waals surface area (Å²) in [6.45, 7) is 1.93. The van der Waals surface area contributed by atoms with Crippen molar-refractivity contribution in [3.63, 3.8) is 0 Å². The largest absolute Gasteiger partial charge is 0.493 e. The zero-order valence-electron chi connectivity index (χ0n) is 23.4. The van der Waals surface area contributed by atoms with E-state index in [1.54, 1.807) is 42.5 Å². The van der Waals surface area contributed by atoms with Crippen LogP contribution in [0.25, 0.3) is 39.9 Å². The van der Waals surface area contributed by atoms with Crippen LogP contribution in [-0.4, -0.2) is 48.2 Å². The minimum atomic E-state index is -4.75. The van der Waals surface area contributed by atoms with Crippen molar-refractivity contribution >= 4 is 0 Å². The highest BCUT2D eigenvalue weighted by Gasteiger charge is 2.35. The van der Waals surface area contributed by atoms with Gasteiger partial charge in [0.25, 0.3) is 5.95 Å². The molecule has 218 valence electrons. The van der Waals surface area contributed by atoms with Crippen LogP contribution in [-0.2, 0) is 12.6 Å². The van der Waals surface area contributed by atoms with Crippen LogP contribution >= 0.6 is 0 Å². The highest BCUT2D eigenvalue weighted by molar-refractivity contribution is 5.78. The molecule has 0 amide bonds. The minimum Gasteiger partial charge on any atom is -0.493 e. The van der Waals surface area contributed by atoms with Crippen LogP contribution in [0.2, 0.25) is 0 Å². The Bertz CT molecular complexity index is 1720. The van der Waals surface area contributed by atoms with Gasteiger partial charge in [-0.25, -0.2) is 9.97 Å². The fourth-order valence-corrected chi connectivity index (χ4v) is 4.65. The number of hydrogen-bond donors (Lipinski definition) is 0. The Kier molecular flexibility index (Phi) is 7.79. The molecule has 0 N–H and O–H groups in total. The van der Waals surface area contributed by atoms with Crippen LogP contribution in [0.15, 0.2) is 65.3 Å². The lowest BCUT2D eigenvalue weighted by Crippen LogP contribution is -2.14. The Morgan fingerprint density at radius 1 is 0.786 bits per heavy atom. The van der Waals surface area contributed by atoms with Crippen molar-refractivity contribution in [2.24, 2.45) is 0 Å². The quantitative estimate of drug-likeness (QED) is 0.186. The van der Waals surface area contributed by atoms with Crippen LogP contribution in [0.3, 0.4) is 0 Å². The molecular formula is C30H27F3N4O5. The maximum Gasteiger partial charge on any atom is 0.433 e. The second-order valence-electron chi connectivity index (χ2n) is 8.99. The molecule has 3 aromatic heterocycles. The Morgan fingerprint density at radius 3 is 1.95 bits per heavy atom. The van der Waals surface area contributed by atoms with Crippen LogP contribution in [0.4, 0.5) is 13.2 Å². The van der Waals surface area contributed by atoms with Crippen molar-refractivity contribution in [1.82, 2.24) is 19.7 Å². The Labute approximate surface area is 239 Å². The maximum atomic E-state index is 14.1. The van der Waals surface area contributed by atoms with Crippen molar-refractivity contribution in [1.29, 1.82) is 0 Å². The summed E-state index contributed by atoms with van der Waals surface area (Å²) in [6.07, 6.45) is -2.93. The summed E-state index contributed by atoms with van der Waals surface area (Å²) in [4.78, 5) is 8.37. The third-order valence-electron chi connectivity index (χ3n) is 6.62. The number of alkyl halides is 3. The highest BCUT2D eigenvalue weighted by atomic mass is 19.4. The number of halogens is 3. The second-order valence-corrected chi connectivity index (χ2v) is 8.99. The number of benzene rings is 2. The first-order valence-electron chi connectivity index (χ1n) is 12.8. The molecule has 0 radical (unpaired) electrons. The average molecular weight is 581 g/mol. The van der Waals surface area contributed by atoms with Crippen LogP contribution in [0.5, 0.6) is 23.0 Å². The van der Waals surface area contributed by atoms with Gasteiger partial charge in [0, 0.05) is 16.7 Å². The molecule has 5 aromatic rings. The molecule has 0 aliphatic heterocycles. The number of ether oxygens (including phenoxy) is 4. The lowest BCUT2D eigenvalue weighted by Gasteiger charge is -2.14. The summed E-state index contributed by atoms with van der Waals surface area (Å²) < 4.78 is 70.7. The lowest BCUT2D eigenvalue weighted by molar-refractivity contribution is -0.141. The molecule has 12 heteroatoms. The predicted octanol–water partition coefficient (Wildman–Crippen LogP) is 6.87. The summed E-state index contributed by atoms with van der Waals surface area (Å²) in [5, 5.41) is 4.80. The van der Waals surface area contributed by atoms with Gasteiger partial charge in [0.05, 0.1) is 46.1 Å². The fourth-order valence-electron chi connectivity index (χ4n) is 4.65. The molecule has 0 fully saturated rings. The predicted molar refractivity (Wildman–Crippen MR) is 148 cm³/mol. The molecular weight excluding hydrogens is 553 g/mol. The van der Waals surface area contributed by atoms with E-state index in [0.717, 1.165) is 11.6 Å². The van der Waals surface area contributed by atoms with Gasteiger partial charge in [-0.1, -0.05) is 6.92 Å². The second kappa shape index (κ2) is 11.5. The lowest BCUT2D eigenvalue weighted by atomic mass is 9.99. The van der Waals surface area contributed by atoms with Crippen molar-refractivity contribution in [2.75, 3.05) is 28.4 Å². The molecule has 2 aromatic carbocycles. The van der Waals surface area contributed by atoms with Crippen molar-refractivity contribution in [3.8, 4) is 62.9 Å².